The molecule has 3 rings (SSSR count). The van der Waals surface area contributed by atoms with Gasteiger partial charge in [0.05, 0.1) is 0 Å². The summed E-state index contributed by atoms with van der Waals surface area (Å²) in [5.74, 6) is 1.67. The molecule has 1 amide bonds. The summed E-state index contributed by atoms with van der Waals surface area (Å²) in [6.45, 7) is 2.32. The fourth-order valence-corrected chi connectivity index (χ4v) is 5.05. The average Bonchev–Trinajstić information content (AvgIpc) is 2.62. The molecule has 3 heteroatoms. The van der Waals surface area contributed by atoms with Crippen LogP contribution in [0.25, 0.3) is 0 Å². The second-order valence-electron chi connectivity index (χ2n) is 6.66. The Balaban J connectivity index is 1.66. The van der Waals surface area contributed by atoms with Crippen LogP contribution in [0, 0.1) is 11.8 Å². The zero-order valence-electron chi connectivity index (χ0n) is 11.3. The van der Waals surface area contributed by atoms with Gasteiger partial charge in [0.2, 0.25) is 5.91 Å². The largest absolute Gasteiger partial charge is 0.336 e. The van der Waals surface area contributed by atoms with E-state index in [2.05, 4.69) is 27.8 Å². The van der Waals surface area contributed by atoms with Gasteiger partial charge in [-0.3, -0.25) is 4.79 Å². The minimum atomic E-state index is 0.344. The first-order valence-corrected chi connectivity index (χ1v) is 8.53. The van der Waals surface area contributed by atoms with Crippen LogP contribution in [0.5, 0.6) is 0 Å². The first kappa shape index (κ1) is 13.0. The molecule has 3 fully saturated rings. The summed E-state index contributed by atoms with van der Waals surface area (Å²) < 4.78 is 0. The van der Waals surface area contributed by atoms with Gasteiger partial charge in [0.15, 0.2) is 0 Å². The molecule has 2 nitrogen and oxygen atoms in total. The monoisotopic (exact) mass is 313 g/mol. The van der Waals surface area contributed by atoms with Gasteiger partial charge < -0.3 is 4.90 Å². The number of nitrogens with zero attached hydrogens (tertiary/aromatic N) is 1. The molecule has 3 aliphatic rings. The van der Waals surface area contributed by atoms with Crippen molar-refractivity contribution in [3.8, 4) is 0 Å². The van der Waals surface area contributed by atoms with Crippen LogP contribution >= 0.6 is 15.9 Å². The van der Waals surface area contributed by atoms with E-state index < -0.39 is 0 Å². The van der Waals surface area contributed by atoms with Crippen LogP contribution in [0.2, 0.25) is 0 Å². The normalized spacial score (nSPS) is 44.1. The van der Waals surface area contributed by atoms with Crippen molar-refractivity contribution in [2.45, 2.75) is 75.2 Å². The van der Waals surface area contributed by atoms with Gasteiger partial charge in [-0.15, -0.1) is 0 Å². The van der Waals surface area contributed by atoms with Crippen LogP contribution in [0.15, 0.2) is 0 Å². The third-order valence-electron chi connectivity index (χ3n) is 5.30. The second kappa shape index (κ2) is 5.15. The summed E-state index contributed by atoms with van der Waals surface area (Å²) in [5.41, 5.74) is 0. The van der Waals surface area contributed by atoms with Crippen molar-refractivity contribution in [3.63, 3.8) is 0 Å². The maximum atomic E-state index is 12.7. The molecule has 0 radical (unpaired) electrons. The molecule has 2 atom stereocenters. The Bertz CT molecular complexity index is 310. The number of amides is 1. The standard InChI is InChI=1S/C15H24BrNO/c1-10-2-4-11(5-3-10)15(18)17-13-6-7-14(17)9-12(16)8-13/h10-14H,2-9H2,1H3. The van der Waals surface area contributed by atoms with E-state index in [-0.39, 0.29) is 0 Å². The molecule has 102 valence electrons. The van der Waals surface area contributed by atoms with E-state index in [1.54, 1.807) is 0 Å². The molecule has 18 heavy (non-hydrogen) atoms. The Kier molecular flexibility index (Phi) is 3.70. The van der Waals surface area contributed by atoms with E-state index >= 15 is 0 Å². The maximum absolute atomic E-state index is 12.7. The number of piperidine rings is 1. The first-order chi connectivity index (χ1) is 8.65. The summed E-state index contributed by atoms with van der Waals surface area (Å²) in [5, 5.41) is 0. The summed E-state index contributed by atoms with van der Waals surface area (Å²) in [6, 6.07) is 1.08. The smallest absolute Gasteiger partial charge is 0.226 e. The molecular formula is C15H24BrNO. The predicted octanol–water partition coefficient (Wildman–Crippen LogP) is 3.73. The molecule has 0 spiro atoms. The number of fused-ring (bicyclic) bond motifs is 2. The third kappa shape index (κ3) is 2.35. The Morgan fingerprint density at radius 2 is 1.56 bits per heavy atom. The highest BCUT2D eigenvalue weighted by atomic mass is 79.9. The number of alkyl halides is 1. The van der Waals surface area contributed by atoms with Crippen molar-refractivity contribution >= 4 is 21.8 Å². The van der Waals surface area contributed by atoms with Crippen LogP contribution in [-0.2, 0) is 4.79 Å². The van der Waals surface area contributed by atoms with Gasteiger partial charge in [-0.05, 0) is 57.3 Å². The Morgan fingerprint density at radius 1 is 1.00 bits per heavy atom. The predicted molar refractivity (Wildman–Crippen MR) is 76.7 cm³/mol. The lowest BCUT2D eigenvalue weighted by atomic mass is 9.82. The van der Waals surface area contributed by atoms with Crippen molar-refractivity contribution in [1.82, 2.24) is 4.90 Å². The van der Waals surface area contributed by atoms with Gasteiger partial charge in [-0.1, -0.05) is 22.9 Å². The van der Waals surface area contributed by atoms with E-state index in [1.807, 2.05) is 0 Å². The van der Waals surface area contributed by atoms with E-state index in [1.165, 1.54) is 38.5 Å². The summed E-state index contributed by atoms with van der Waals surface area (Å²) >= 11 is 3.75. The summed E-state index contributed by atoms with van der Waals surface area (Å²) in [6.07, 6.45) is 9.59. The summed E-state index contributed by atoms with van der Waals surface area (Å²) in [7, 11) is 0. The number of halogens is 1. The molecule has 0 aromatic heterocycles. The Morgan fingerprint density at radius 3 is 2.11 bits per heavy atom. The lowest BCUT2D eigenvalue weighted by Crippen LogP contribution is -2.49. The first-order valence-electron chi connectivity index (χ1n) is 7.61. The van der Waals surface area contributed by atoms with Crippen molar-refractivity contribution in [3.05, 3.63) is 0 Å². The lowest BCUT2D eigenvalue weighted by Gasteiger charge is -2.40. The molecule has 1 saturated carbocycles. The molecule has 2 heterocycles. The minimum Gasteiger partial charge on any atom is -0.336 e. The molecule has 2 bridgehead atoms. The van der Waals surface area contributed by atoms with E-state index in [0.29, 0.717) is 28.7 Å². The highest BCUT2D eigenvalue weighted by molar-refractivity contribution is 9.09. The highest BCUT2D eigenvalue weighted by Gasteiger charge is 2.44. The van der Waals surface area contributed by atoms with Crippen LogP contribution in [0.1, 0.15) is 58.3 Å². The number of carbonyl (C=O) groups excluding carboxylic acids is 1. The third-order valence-corrected chi connectivity index (χ3v) is 6.04. The zero-order chi connectivity index (χ0) is 12.7. The molecule has 0 N–H and O–H groups in total. The lowest BCUT2D eigenvalue weighted by molar-refractivity contribution is -0.141. The molecule has 2 saturated heterocycles. The summed E-state index contributed by atoms with van der Waals surface area (Å²) in [4.78, 5) is 15.7. The van der Waals surface area contributed by atoms with Crippen LogP contribution in [0.4, 0.5) is 0 Å². The number of hydrogen-bond donors (Lipinski definition) is 0. The molecular weight excluding hydrogens is 290 g/mol. The number of carbonyl (C=O) groups is 1. The second-order valence-corrected chi connectivity index (χ2v) is 7.95. The minimum absolute atomic E-state index is 0.344. The number of hydrogen-bond acceptors (Lipinski definition) is 1. The van der Waals surface area contributed by atoms with Crippen molar-refractivity contribution in [2.75, 3.05) is 0 Å². The van der Waals surface area contributed by atoms with Crippen molar-refractivity contribution in [1.29, 1.82) is 0 Å². The van der Waals surface area contributed by atoms with Gasteiger partial charge >= 0.3 is 0 Å². The quantitative estimate of drug-likeness (QED) is 0.675. The fourth-order valence-electron chi connectivity index (χ4n) is 4.19. The Hall–Kier alpha value is -0.0500. The molecule has 1 aliphatic carbocycles. The van der Waals surface area contributed by atoms with Gasteiger partial charge in [0.1, 0.15) is 0 Å². The Labute approximate surface area is 119 Å². The number of rotatable bonds is 1. The molecule has 2 unspecified atom stereocenters. The molecule has 0 aromatic carbocycles. The van der Waals surface area contributed by atoms with Crippen LogP contribution in [0.3, 0.4) is 0 Å². The van der Waals surface area contributed by atoms with E-state index in [4.69, 9.17) is 0 Å². The van der Waals surface area contributed by atoms with Gasteiger partial charge in [-0.2, -0.15) is 0 Å². The molecule has 2 aliphatic heterocycles. The van der Waals surface area contributed by atoms with Crippen LogP contribution in [-0.4, -0.2) is 27.7 Å². The van der Waals surface area contributed by atoms with E-state index in [9.17, 15) is 4.79 Å². The highest BCUT2D eigenvalue weighted by Crippen LogP contribution is 2.41. The van der Waals surface area contributed by atoms with Crippen LogP contribution < -0.4 is 0 Å². The topological polar surface area (TPSA) is 20.3 Å². The molecule has 0 aromatic rings. The zero-order valence-corrected chi connectivity index (χ0v) is 12.9. The van der Waals surface area contributed by atoms with E-state index in [0.717, 1.165) is 18.8 Å². The SMILES string of the molecule is CC1CCC(C(=O)N2C3CCC2CC(Br)C3)CC1. The van der Waals surface area contributed by atoms with Crippen molar-refractivity contribution in [2.24, 2.45) is 11.8 Å². The van der Waals surface area contributed by atoms with Gasteiger partial charge in [0.25, 0.3) is 0 Å². The van der Waals surface area contributed by atoms with Gasteiger partial charge in [0, 0.05) is 22.8 Å². The fraction of sp³-hybridized carbons (Fsp3) is 0.933. The van der Waals surface area contributed by atoms with Gasteiger partial charge in [-0.25, -0.2) is 0 Å². The maximum Gasteiger partial charge on any atom is 0.226 e. The van der Waals surface area contributed by atoms with Crippen molar-refractivity contribution < 1.29 is 4.79 Å². The average molecular weight is 314 g/mol.